The predicted octanol–water partition coefficient (Wildman–Crippen LogP) is 5.45. The van der Waals surface area contributed by atoms with E-state index in [2.05, 4.69) is 44.0 Å². The molecule has 0 unspecified atom stereocenters. The van der Waals surface area contributed by atoms with Gasteiger partial charge in [0, 0.05) is 5.33 Å². The number of hydrogen-bond donors (Lipinski definition) is 0. The van der Waals surface area contributed by atoms with Gasteiger partial charge < -0.3 is 9.47 Å². The molecule has 0 radical (unpaired) electrons. The minimum Gasteiger partial charge on any atom is -0.497 e. The minimum atomic E-state index is 0.774. The van der Waals surface area contributed by atoms with E-state index in [0.717, 1.165) is 32.6 Å². The van der Waals surface area contributed by atoms with E-state index in [1.54, 1.807) is 7.11 Å². The lowest BCUT2D eigenvalue weighted by Gasteiger charge is -2.12. The van der Waals surface area contributed by atoms with Crippen LogP contribution in [0.25, 0.3) is 0 Å². The first-order chi connectivity index (χ1) is 9.13. The summed E-state index contributed by atoms with van der Waals surface area (Å²) >= 11 is 6.93. The Morgan fingerprint density at radius 1 is 1.05 bits per heavy atom. The molecule has 19 heavy (non-hydrogen) atoms. The van der Waals surface area contributed by atoms with Crippen molar-refractivity contribution in [3.05, 3.63) is 52.0 Å². The number of hydrogen-bond acceptors (Lipinski definition) is 2. The van der Waals surface area contributed by atoms with Crippen LogP contribution in [0, 0.1) is 6.92 Å². The van der Waals surface area contributed by atoms with Crippen LogP contribution >= 0.6 is 31.9 Å². The number of benzene rings is 2. The van der Waals surface area contributed by atoms with Crippen LogP contribution in [0.15, 0.2) is 40.9 Å². The summed E-state index contributed by atoms with van der Waals surface area (Å²) in [6.45, 7) is 2.04. The van der Waals surface area contributed by atoms with E-state index < -0.39 is 0 Å². The number of alkyl halides is 1. The van der Waals surface area contributed by atoms with Gasteiger partial charge in [-0.3, -0.25) is 0 Å². The molecule has 0 aromatic heterocycles. The summed E-state index contributed by atoms with van der Waals surface area (Å²) in [6.07, 6.45) is 0. The van der Waals surface area contributed by atoms with Crippen molar-refractivity contribution >= 4 is 31.9 Å². The average molecular weight is 386 g/mol. The molecule has 2 aromatic carbocycles. The summed E-state index contributed by atoms with van der Waals surface area (Å²) in [4.78, 5) is 0. The second-order valence-corrected chi connectivity index (χ2v) is 5.55. The van der Waals surface area contributed by atoms with Gasteiger partial charge in [0.05, 0.1) is 11.6 Å². The molecule has 0 amide bonds. The fourth-order valence-corrected chi connectivity index (χ4v) is 2.51. The molecule has 4 heteroatoms. The monoisotopic (exact) mass is 384 g/mol. The molecule has 0 N–H and O–H groups in total. The predicted molar refractivity (Wildman–Crippen MR) is 84.6 cm³/mol. The van der Waals surface area contributed by atoms with Crippen molar-refractivity contribution in [1.82, 2.24) is 0 Å². The summed E-state index contributed by atoms with van der Waals surface area (Å²) < 4.78 is 12.0. The first kappa shape index (κ1) is 14.4. The first-order valence-corrected chi connectivity index (χ1v) is 7.72. The van der Waals surface area contributed by atoms with Crippen molar-refractivity contribution in [2.45, 2.75) is 12.3 Å². The molecule has 2 nitrogen and oxygen atoms in total. The third-order valence-corrected chi connectivity index (χ3v) is 4.02. The Morgan fingerprint density at radius 2 is 1.79 bits per heavy atom. The first-order valence-electron chi connectivity index (χ1n) is 5.81. The third-order valence-electron chi connectivity index (χ3n) is 2.75. The van der Waals surface area contributed by atoms with Crippen LogP contribution in [0.2, 0.25) is 0 Å². The van der Waals surface area contributed by atoms with E-state index in [4.69, 9.17) is 9.47 Å². The second kappa shape index (κ2) is 6.44. The van der Waals surface area contributed by atoms with E-state index >= 15 is 0 Å². The Balaban J connectivity index is 2.26. The molecular weight excluding hydrogens is 372 g/mol. The summed E-state index contributed by atoms with van der Waals surface area (Å²) in [7, 11) is 1.64. The molecule has 0 atom stereocenters. The fraction of sp³-hybridized carbons (Fsp3) is 0.200. The Labute approximate surface area is 130 Å². The molecule has 2 aromatic rings. The van der Waals surface area contributed by atoms with Gasteiger partial charge in [-0.25, -0.2) is 0 Å². The Kier molecular flexibility index (Phi) is 4.88. The van der Waals surface area contributed by atoms with Crippen molar-refractivity contribution in [2.75, 3.05) is 7.11 Å². The molecular formula is C15H14Br2O2. The van der Waals surface area contributed by atoms with Crippen LogP contribution in [0.5, 0.6) is 17.2 Å². The molecule has 0 saturated heterocycles. The van der Waals surface area contributed by atoms with Crippen molar-refractivity contribution in [3.8, 4) is 17.2 Å². The number of aryl methyl sites for hydroxylation is 1. The molecule has 100 valence electrons. The van der Waals surface area contributed by atoms with Crippen LogP contribution in [0.3, 0.4) is 0 Å². The molecule has 0 aliphatic heterocycles. The van der Waals surface area contributed by atoms with Crippen molar-refractivity contribution in [1.29, 1.82) is 0 Å². The highest BCUT2D eigenvalue weighted by atomic mass is 79.9. The van der Waals surface area contributed by atoms with Crippen LogP contribution in [0.1, 0.15) is 11.1 Å². The zero-order chi connectivity index (χ0) is 13.8. The lowest BCUT2D eigenvalue weighted by atomic mass is 10.1. The van der Waals surface area contributed by atoms with E-state index in [9.17, 15) is 0 Å². The average Bonchev–Trinajstić information content (AvgIpc) is 2.42. The molecule has 0 bridgehead atoms. The topological polar surface area (TPSA) is 18.5 Å². The van der Waals surface area contributed by atoms with Gasteiger partial charge in [-0.1, -0.05) is 28.1 Å². The number of methoxy groups -OCH3 is 1. The molecule has 0 aliphatic carbocycles. The van der Waals surface area contributed by atoms with Gasteiger partial charge in [-0.05, 0) is 58.2 Å². The lowest BCUT2D eigenvalue weighted by molar-refractivity contribution is 0.412. The zero-order valence-electron chi connectivity index (χ0n) is 10.7. The van der Waals surface area contributed by atoms with Gasteiger partial charge in [0.1, 0.15) is 17.2 Å². The van der Waals surface area contributed by atoms with E-state index in [0.29, 0.717) is 0 Å². The fourth-order valence-electron chi connectivity index (χ4n) is 1.72. The normalized spacial score (nSPS) is 10.3. The number of rotatable bonds is 4. The quantitative estimate of drug-likeness (QED) is 0.651. The van der Waals surface area contributed by atoms with Gasteiger partial charge >= 0.3 is 0 Å². The Hall–Kier alpha value is -1.000. The van der Waals surface area contributed by atoms with E-state index in [-0.39, 0.29) is 0 Å². The highest BCUT2D eigenvalue weighted by molar-refractivity contribution is 9.10. The van der Waals surface area contributed by atoms with Gasteiger partial charge in [-0.2, -0.15) is 0 Å². The lowest BCUT2D eigenvalue weighted by Crippen LogP contribution is -1.91. The second-order valence-electron chi connectivity index (χ2n) is 4.13. The van der Waals surface area contributed by atoms with Gasteiger partial charge in [0.15, 0.2) is 0 Å². The van der Waals surface area contributed by atoms with E-state index in [1.807, 2.05) is 31.2 Å². The highest BCUT2D eigenvalue weighted by Crippen LogP contribution is 2.34. The van der Waals surface area contributed by atoms with Crippen LogP contribution in [-0.4, -0.2) is 7.11 Å². The summed E-state index contributed by atoms with van der Waals surface area (Å²) in [5, 5.41) is 0.848. The molecule has 0 aliphatic rings. The largest absolute Gasteiger partial charge is 0.497 e. The van der Waals surface area contributed by atoms with Crippen molar-refractivity contribution in [3.63, 3.8) is 0 Å². The summed E-state index contributed by atoms with van der Waals surface area (Å²) in [5.74, 6) is 2.43. The maximum absolute atomic E-state index is 5.92. The van der Waals surface area contributed by atoms with Crippen LogP contribution < -0.4 is 9.47 Å². The SMILES string of the molecule is COc1ccc(Oc2ccc(CBr)cc2C)c(Br)c1. The number of ether oxygens (including phenoxy) is 2. The zero-order valence-corrected chi connectivity index (χ0v) is 13.9. The summed E-state index contributed by atoms with van der Waals surface area (Å²) in [6, 6.07) is 11.8. The van der Waals surface area contributed by atoms with E-state index in [1.165, 1.54) is 5.56 Å². The Morgan fingerprint density at radius 3 is 2.37 bits per heavy atom. The third kappa shape index (κ3) is 3.51. The van der Waals surface area contributed by atoms with Gasteiger partial charge in [-0.15, -0.1) is 0 Å². The van der Waals surface area contributed by atoms with Crippen LogP contribution in [-0.2, 0) is 5.33 Å². The van der Waals surface area contributed by atoms with Crippen LogP contribution in [0.4, 0.5) is 0 Å². The smallest absolute Gasteiger partial charge is 0.141 e. The standard InChI is InChI=1S/C15H14Br2O2/c1-10-7-11(9-16)3-5-14(10)19-15-6-4-12(18-2)8-13(15)17/h3-8H,9H2,1-2H3. The van der Waals surface area contributed by atoms with Crippen molar-refractivity contribution in [2.24, 2.45) is 0 Å². The van der Waals surface area contributed by atoms with Gasteiger partial charge in [0.2, 0.25) is 0 Å². The minimum absolute atomic E-state index is 0.774. The molecule has 0 saturated carbocycles. The molecule has 0 fully saturated rings. The maximum atomic E-state index is 5.92. The molecule has 2 rings (SSSR count). The number of halogens is 2. The van der Waals surface area contributed by atoms with Gasteiger partial charge in [0.25, 0.3) is 0 Å². The Bertz CT molecular complexity index is 531. The molecule has 0 spiro atoms. The summed E-state index contributed by atoms with van der Waals surface area (Å²) in [5.41, 5.74) is 2.35. The highest BCUT2D eigenvalue weighted by Gasteiger charge is 2.07. The van der Waals surface area contributed by atoms with Crippen molar-refractivity contribution < 1.29 is 9.47 Å². The molecule has 0 heterocycles. The maximum Gasteiger partial charge on any atom is 0.141 e.